The van der Waals surface area contributed by atoms with Gasteiger partial charge in [-0.2, -0.15) is 5.01 Å². The second-order valence-corrected chi connectivity index (χ2v) is 6.67. The largest absolute Gasteiger partial charge is 0.490 e. The first-order chi connectivity index (χ1) is 14.5. The zero-order valence-electron chi connectivity index (χ0n) is 16.6. The number of urea groups is 1. The second kappa shape index (κ2) is 9.09. The molecule has 0 radical (unpaired) electrons. The van der Waals surface area contributed by atoms with Gasteiger partial charge in [-0.05, 0) is 35.8 Å². The molecule has 1 fully saturated rings. The summed E-state index contributed by atoms with van der Waals surface area (Å²) in [7, 11) is 0. The first-order valence-electron chi connectivity index (χ1n) is 9.55. The fourth-order valence-electron chi connectivity index (χ4n) is 3.19. The third-order valence-corrected chi connectivity index (χ3v) is 4.79. The average Bonchev–Trinajstić information content (AvgIpc) is 3.02. The van der Waals surface area contributed by atoms with E-state index in [-0.39, 0.29) is 0 Å². The monoisotopic (exact) mass is 405 g/mol. The van der Waals surface area contributed by atoms with Crippen LogP contribution in [-0.4, -0.2) is 29.5 Å². The predicted octanol–water partition coefficient (Wildman–Crippen LogP) is 3.15. The van der Waals surface area contributed by atoms with Crippen molar-refractivity contribution < 1.29 is 19.1 Å². The van der Waals surface area contributed by atoms with Crippen molar-refractivity contribution >= 4 is 23.9 Å². The average molecular weight is 405 g/mol. The number of nitrogens with zero attached hydrogens (tertiary/aromatic N) is 1. The summed E-state index contributed by atoms with van der Waals surface area (Å²) in [5, 5.41) is 3.44. The Kier molecular flexibility index (Phi) is 6.32. The van der Waals surface area contributed by atoms with Crippen LogP contribution in [0.4, 0.5) is 4.79 Å². The molecule has 0 aliphatic carbocycles. The summed E-state index contributed by atoms with van der Waals surface area (Å²) in [6.07, 6.45) is 4.84. The lowest BCUT2D eigenvalue weighted by Gasteiger charge is -2.25. The molecule has 2 aromatic carbocycles. The van der Waals surface area contributed by atoms with Gasteiger partial charge in [0.05, 0.1) is 0 Å². The number of rotatable bonds is 8. The molecular formula is C23H23N3O4. The summed E-state index contributed by atoms with van der Waals surface area (Å²) in [6.45, 7) is 5.80. The van der Waals surface area contributed by atoms with Gasteiger partial charge >= 0.3 is 6.03 Å². The highest BCUT2D eigenvalue weighted by molar-refractivity contribution is 6.09. The van der Waals surface area contributed by atoms with Crippen molar-refractivity contribution in [3.8, 4) is 5.75 Å². The molecule has 4 amide bonds. The van der Waals surface area contributed by atoms with Gasteiger partial charge in [0.2, 0.25) is 0 Å². The number of carbonyl (C=O) groups is 3. The summed E-state index contributed by atoms with van der Waals surface area (Å²) < 4.78 is 5.40. The SMILES string of the molecule is C=CCOc1ccc(/C=C/C(=O)NN2C(=O)N[C@@](CC)(c3ccccc3)C2=O)cc1. The predicted molar refractivity (Wildman–Crippen MR) is 113 cm³/mol. The van der Waals surface area contributed by atoms with Crippen molar-refractivity contribution in [2.75, 3.05) is 6.61 Å². The van der Waals surface area contributed by atoms with Crippen molar-refractivity contribution in [1.82, 2.24) is 15.8 Å². The molecule has 0 saturated carbocycles. The number of imide groups is 1. The molecule has 0 spiro atoms. The van der Waals surface area contributed by atoms with Crippen molar-refractivity contribution in [1.29, 1.82) is 0 Å². The fourth-order valence-corrected chi connectivity index (χ4v) is 3.19. The number of hydrogen-bond donors (Lipinski definition) is 2. The molecule has 0 unspecified atom stereocenters. The normalized spacial score (nSPS) is 18.4. The van der Waals surface area contributed by atoms with Crippen molar-refractivity contribution in [2.24, 2.45) is 0 Å². The smallest absolute Gasteiger partial charge is 0.344 e. The van der Waals surface area contributed by atoms with Crippen LogP contribution in [0.1, 0.15) is 24.5 Å². The molecule has 7 heteroatoms. The van der Waals surface area contributed by atoms with E-state index in [0.717, 1.165) is 10.6 Å². The van der Waals surface area contributed by atoms with E-state index in [1.807, 2.05) is 6.07 Å². The molecule has 30 heavy (non-hydrogen) atoms. The van der Waals surface area contributed by atoms with Crippen LogP contribution in [0.5, 0.6) is 5.75 Å². The molecular weight excluding hydrogens is 382 g/mol. The van der Waals surface area contributed by atoms with Crippen LogP contribution in [0.3, 0.4) is 0 Å². The first-order valence-corrected chi connectivity index (χ1v) is 9.55. The topological polar surface area (TPSA) is 87.7 Å². The highest BCUT2D eigenvalue weighted by atomic mass is 16.5. The molecule has 1 aliphatic rings. The highest BCUT2D eigenvalue weighted by Gasteiger charge is 2.52. The van der Waals surface area contributed by atoms with E-state index in [1.54, 1.807) is 67.6 Å². The molecule has 1 atom stereocenters. The van der Waals surface area contributed by atoms with Gasteiger partial charge in [-0.25, -0.2) is 4.79 Å². The molecule has 3 rings (SSSR count). The van der Waals surface area contributed by atoms with Gasteiger partial charge in [0.1, 0.15) is 17.9 Å². The van der Waals surface area contributed by atoms with Crippen molar-refractivity contribution in [2.45, 2.75) is 18.9 Å². The Morgan fingerprint density at radius 2 is 1.87 bits per heavy atom. The summed E-state index contributed by atoms with van der Waals surface area (Å²) in [5.41, 5.74) is 2.59. The molecule has 2 aromatic rings. The van der Waals surface area contributed by atoms with Gasteiger partial charge in [-0.15, -0.1) is 0 Å². The van der Waals surface area contributed by atoms with Crippen molar-refractivity contribution in [3.05, 3.63) is 84.5 Å². The Bertz CT molecular complexity index is 970. The van der Waals surface area contributed by atoms with Crippen molar-refractivity contribution in [3.63, 3.8) is 0 Å². The number of hydrogen-bond acceptors (Lipinski definition) is 4. The molecule has 1 heterocycles. The molecule has 154 valence electrons. The highest BCUT2D eigenvalue weighted by Crippen LogP contribution is 2.31. The lowest BCUT2D eigenvalue weighted by atomic mass is 9.87. The van der Waals surface area contributed by atoms with E-state index in [0.29, 0.717) is 24.3 Å². The summed E-state index contributed by atoms with van der Waals surface area (Å²) in [4.78, 5) is 37.7. The Morgan fingerprint density at radius 1 is 1.17 bits per heavy atom. The van der Waals surface area contributed by atoms with Gasteiger partial charge in [-0.1, -0.05) is 62.0 Å². The first kappa shape index (κ1) is 20.9. The standard InChI is InChI=1S/C23H23N3O4/c1-3-16-30-19-13-10-17(11-14-19)12-15-20(27)25-26-21(28)23(4-2,24-22(26)29)18-8-6-5-7-9-18/h3,5-15H,1,4,16H2,2H3,(H,24,29)(H,25,27)/b15-12+/t23-/m0/s1. The number of carbonyl (C=O) groups excluding carboxylic acids is 3. The van der Waals surface area contributed by atoms with E-state index in [4.69, 9.17) is 4.74 Å². The number of hydrazine groups is 1. The number of amides is 4. The molecule has 1 saturated heterocycles. The van der Waals surface area contributed by atoms with Gasteiger partial charge in [-0.3, -0.25) is 15.0 Å². The van der Waals surface area contributed by atoms with Crippen LogP contribution < -0.4 is 15.5 Å². The van der Waals surface area contributed by atoms with Crippen LogP contribution in [0.2, 0.25) is 0 Å². The van der Waals surface area contributed by atoms with E-state index in [1.165, 1.54) is 6.08 Å². The Morgan fingerprint density at radius 3 is 2.50 bits per heavy atom. The van der Waals surface area contributed by atoms with Crippen LogP contribution in [0.15, 0.2) is 73.3 Å². The summed E-state index contributed by atoms with van der Waals surface area (Å²) in [6, 6.07) is 15.4. The lowest BCUT2D eigenvalue weighted by Crippen LogP contribution is -2.48. The fraction of sp³-hybridized carbons (Fsp3) is 0.174. The van der Waals surface area contributed by atoms with Crippen LogP contribution in [0, 0.1) is 0 Å². The van der Waals surface area contributed by atoms with Gasteiger partial charge in [0, 0.05) is 6.08 Å². The molecule has 1 aliphatic heterocycles. The van der Waals surface area contributed by atoms with E-state index in [9.17, 15) is 14.4 Å². The van der Waals surface area contributed by atoms with Crippen LogP contribution in [0.25, 0.3) is 6.08 Å². The van der Waals surface area contributed by atoms with Crippen LogP contribution in [-0.2, 0) is 15.1 Å². The molecule has 7 nitrogen and oxygen atoms in total. The number of benzene rings is 2. The summed E-state index contributed by atoms with van der Waals surface area (Å²) in [5.74, 6) is -0.426. The molecule has 2 N–H and O–H groups in total. The van der Waals surface area contributed by atoms with E-state index < -0.39 is 23.4 Å². The minimum absolute atomic E-state index is 0.351. The number of ether oxygens (including phenoxy) is 1. The Labute approximate surface area is 175 Å². The van der Waals surface area contributed by atoms with Gasteiger partial charge < -0.3 is 10.1 Å². The molecule has 0 bridgehead atoms. The number of nitrogens with one attached hydrogen (secondary N) is 2. The van der Waals surface area contributed by atoms with Crippen LogP contribution >= 0.6 is 0 Å². The third kappa shape index (κ3) is 4.25. The van der Waals surface area contributed by atoms with E-state index >= 15 is 0 Å². The summed E-state index contributed by atoms with van der Waals surface area (Å²) >= 11 is 0. The minimum atomic E-state index is -1.20. The van der Waals surface area contributed by atoms with Gasteiger partial charge in [0.15, 0.2) is 0 Å². The Balaban J connectivity index is 1.67. The third-order valence-electron chi connectivity index (χ3n) is 4.79. The zero-order chi connectivity index (χ0) is 21.6. The zero-order valence-corrected chi connectivity index (χ0v) is 16.6. The lowest BCUT2D eigenvalue weighted by molar-refractivity contribution is -0.138. The maximum Gasteiger partial charge on any atom is 0.344 e. The molecule has 0 aromatic heterocycles. The maximum absolute atomic E-state index is 13.0. The second-order valence-electron chi connectivity index (χ2n) is 6.67. The quantitative estimate of drug-likeness (QED) is 0.401. The Hall–Kier alpha value is -3.87. The van der Waals surface area contributed by atoms with Gasteiger partial charge in [0.25, 0.3) is 11.8 Å². The minimum Gasteiger partial charge on any atom is -0.490 e. The van der Waals surface area contributed by atoms with E-state index in [2.05, 4.69) is 17.3 Å². The maximum atomic E-state index is 13.0.